The van der Waals surface area contributed by atoms with Crippen molar-refractivity contribution < 1.29 is 18.0 Å². The third kappa shape index (κ3) is 5.21. The van der Waals surface area contributed by atoms with E-state index < -0.39 is 15.1 Å². The minimum Gasteiger partial charge on any atom is -0.325 e. The zero-order valence-corrected chi connectivity index (χ0v) is 19.2. The second-order valence-corrected chi connectivity index (χ2v) is 11.3. The monoisotopic (exact) mass is 496 g/mol. The molecule has 2 aromatic carbocycles. The van der Waals surface area contributed by atoms with Crippen LogP contribution in [-0.4, -0.2) is 31.2 Å². The number of sulfone groups is 1. The predicted molar refractivity (Wildman–Crippen MR) is 119 cm³/mol. The van der Waals surface area contributed by atoms with E-state index in [2.05, 4.69) is 26.6 Å². The molecule has 2 amide bonds. The van der Waals surface area contributed by atoms with Crippen molar-refractivity contribution in [3.05, 3.63) is 46.4 Å². The van der Waals surface area contributed by atoms with Crippen LogP contribution in [0.1, 0.15) is 25.3 Å². The number of benzene rings is 2. The number of carbonyl (C=O) groups excluding carboxylic acids is 2. The van der Waals surface area contributed by atoms with Crippen LogP contribution >= 0.6 is 27.7 Å². The Kier molecular flexibility index (Phi) is 6.70. The van der Waals surface area contributed by atoms with Crippen LogP contribution in [0.25, 0.3) is 0 Å². The zero-order chi connectivity index (χ0) is 21.2. The number of nitrogens with one attached hydrogen (secondary N) is 2. The summed E-state index contributed by atoms with van der Waals surface area (Å²) in [6.45, 7) is 3.45. The van der Waals surface area contributed by atoms with Gasteiger partial charge in [-0.1, -0.05) is 6.07 Å². The van der Waals surface area contributed by atoms with E-state index >= 15 is 0 Å². The number of anilines is 2. The molecule has 0 aliphatic carbocycles. The lowest BCUT2D eigenvalue weighted by Crippen LogP contribution is -2.25. The van der Waals surface area contributed by atoms with Gasteiger partial charge in [0.15, 0.2) is 9.84 Å². The van der Waals surface area contributed by atoms with E-state index in [-0.39, 0.29) is 23.1 Å². The van der Waals surface area contributed by atoms with Gasteiger partial charge in [0, 0.05) is 28.0 Å². The van der Waals surface area contributed by atoms with Gasteiger partial charge < -0.3 is 10.6 Å². The highest BCUT2D eigenvalue weighted by Crippen LogP contribution is 2.34. The Morgan fingerprint density at radius 2 is 2.03 bits per heavy atom. The maximum Gasteiger partial charge on any atom is 0.225 e. The van der Waals surface area contributed by atoms with Crippen LogP contribution in [0.3, 0.4) is 0 Å². The molecule has 29 heavy (non-hydrogen) atoms. The molecule has 0 saturated carbocycles. The highest BCUT2D eigenvalue weighted by atomic mass is 79.9. The molecule has 2 aromatic rings. The molecule has 1 aliphatic heterocycles. The van der Waals surface area contributed by atoms with Gasteiger partial charge in [0.25, 0.3) is 0 Å². The Bertz CT molecular complexity index is 1070. The average Bonchev–Trinajstić information content (AvgIpc) is 2.83. The van der Waals surface area contributed by atoms with Gasteiger partial charge >= 0.3 is 0 Å². The summed E-state index contributed by atoms with van der Waals surface area (Å²) in [5.74, 6) is 0.127. The summed E-state index contributed by atoms with van der Waals surface area (Å²) in [5.41, 5.74) is 2.13. The number of carbonyl (C=O) groups is 2. The molecule has 0 unspecified atom stereocenters. The molecule has 154 valence electrons. The van der Waals surface area contributed by atoms with Crippen molar-refractivity contribution in [1.82, 2.24) is 0 Å². The van der Waals surface area contributed by atoms with E-state index in [0.717, 1.165) is 14.9 Å². The van der Waals surface area contributed by atoms with E-state index in [4.69, 9.17) is 0 Å². The van der Waals surface area contributed by atoms with Crippen LogP contribution in [0, 0.1) is 6.92 Å². The number of amides is 2. The Hall–Kier alpha value is -1.84. The predicted octanol–water partition coefficient (Wildman–Crippen LogP) is 4.38. The summed E-state index contributed by atoms with van der Waals surface area (Å²) in [4.78, 5) is 25.1. The molecule has 0 spiro atoms. The smallest absolute Gasteiger partial charge is 0.225 e. The maximum atomic E-state index is 13.0. The van der Waals surface area contributed by atoms with Crippen molar-refractivity contribution >= 4 is 60.7 Å². The summed E-state index contributed by atoms with van der Waals surface area (Å²) in [6.07, 6.45) is 0.202. The van der Waals surface area contributed by atoms with Crippen molar-refractivity contribution in [2.45, 2.75) is 41.7 Å². The van der Waals surface area contributed by atoms with Crippen molar-refractivity contribution in [2.75, 3.05) is 16.4 Å². The molecule has 0 aromatic heterocycles. The topological polar surface area (TPSA) is 92.3 Å². The lowest BCUT2D eigenvalue weighted by Gasteiger charge is -2.15. The van der Waals surface area contributed by atoms with Crippen molar-refractivity contribution in [3.63, 3.8) is 0 Å². The van der Waals surface area contributed by atoms with Gasteiger partial charge in [-0.3, -0.25) is 9.59 Å². The third-order valence-electron chi connectivity index (χ3n) is 4.54. The SMILES string of the molecule is Cc1ccc(NC(=O)C[C@H](C)S(=O)(=O)c2ccc3c(c2)NC(=O)CCS3)c(Br)c1. The largest absolute Gasteiger partial charge is 0.325 e. The number of fused-ring (bicyclic) bond motifs is 1. The Morgan fingerprint density at radius 3 is 2.76 bits per heavy atom. The highest BCUT2D eigenvalue weighted by Gasteiger charge is 2.27. The number of aryl methyl sites for hydroxylation is 1. The quantitative estimate of drug-likeness (QED) is 0.640. The molecule has 0 fully saturated rings. The summed E-state index contributed by atoms with van der Waals surface area (Å²) >= 11 is 4.90. The molecular weight excluding hydrogens is 476 g/mol. The fourth-order valence-electron chi connectivity index (χ4n) is 2.90. The van der Waals surface area contributed by atoms with Gasteiger partial charge in [-0.15, -0.1) is 11.8 Å². The van der Waals surface area contributed by atoms with Crippen LogP contribution < -0.4 is 10.6 Å². The van der Waals surface area contributed by atoms with Gasteiger partial charge in [-0.25, -0.2) is 8.42 Å². The fraction of sp³-hybridized carbons (Fsp3) is 0.300. The van der Waals surface area contributed by atoms with Crippen LogP contribution in [0.15, 0.2) is 50.7 Å². The van der Waals surface area contributed by atoms with Crippen LogP contribution in [0.2, 0.25) is 0 Å². The van der Waals surface area contributed by atoms with Crippen molar-refractivity contribution in [1.29, 1.82) is 0 Å². The Morgan fingerprint density at radius 1 is 1.28 bits per heavy atom. The molecule has 1 heterocycles. The van der Waals surface area contributed by atoms with Gasteiger partial charge in [0.2, 0.25) is 11.8 Å². The van der Waals surface area contributed by atoms with E-state index in [1.54, 1.807) is 12.1 Å². The molecule has 1 aliphatic rings. The molecule has 0 saturated heterocycles. The molecule has 2 N–H and O–H groups in total. The third-order valence-corrected chi connectivity index (χ3v) is 8.41. The molecule has 3 rings (SSSR count). The van der Waals surface area contributed by atoms with E-state index in [1.165, 1.54) is 30.8 Å². The minimum atomic E-state index is -3.74. The lowest BCUT2D eigenvalue weighted by molar-refractivity contribution is -0.116. The van der Waals surface area contributed by atoms with Gasteiger partial charge in [-0.2, -0.15) is 0 Å². The Balaban J connectivity index is 1.75. The van der Waals surface area contributed by atoms with Gasteiger partial charge in [0.1, 0.15) is 0 Å². The first kappa shape index (κ1) is 21.9. The summed E-state index contributed by atoms with van der Waals surface area (Å²) < 4.78 is 26.7. The molecule has 0 bridgehead atoms. The minimum absolute atomic E-state index is 0.0934. The van der Waals surface area contributed by atoms with Crippen molar-refractivity contribution in [2.24, 2.45) is 0 Å². The highest BCUT2D eigenvalue weighted by molar-refractivity contribution is 9.10. The number of hydrogen-bond acceptors (Lipinski definition) is 5. The normalized spacial score (nSPS) is 15.1. The molecular formula is C20H21BrN2O4S2. The zero-order valence-electron chi connectivity index (χ0n) is 16.0. The number of hydrogen-bond donors (Lipinski definition) is 2. The maximum absolute atomic E-state index is 13.0. The first-order valence-corrected chi connectivity index (χ1v) is 12.4. The first-order valence-electron chi connectivity index (χ1n) is 9.03. The number of thioether (sulfide) groups is 1. The van der Waals surface area contributed by atoms with Gasteiger partial charge in [-0.05, 0) is 65.7 Å². The van der Waals surface area contributed by atoms with Gasteiger partial charge in [0.05, 0.1) is 21.5 Å². The molecule has 1 atom stereocenters. The summed E-state index contributed by atoms with van der Waals surface area (Å²) in [5, 5.41) is 4.58. The Labute approximate surface area is 182 Å². The molecule has 0 radical (unpaired) electrons. The van der Waals surface area contributed by atoms with E-state index in [0.29, 0.717) is 23.5 Å². The summed E-state index contributed by atoms with van der Waals surface area (Å²) in [6, 6.07) is 10.2. The first-order chi connectivity index (χ1) is 13.7. The van der Waals surface area contributed by atoms with Crippen LogP contribution in [-0.2, 0) is 19.4 Å². The second-order valence-electron chi connectivity index (χ2n) is 6.90. The van der Waals surface area contributed by atoms with E-state index in [1.807, 2.05) is 19.1 Å². The lowest BCUT2D eigenvalue weighted by atomic mass is 10.2. The number of rotatable bonds is 5. The summed E-state index contributed by atoms with van der Waals surface area (Å²) in [7, 11) is -3.74. The van der Waals surface area contributed by atoms with Crippen molar-refractivity contribution in [3.8, 4) is 0 Å². The number of halogens is 1. The molecule has 6 nitrogen and oxygen atoms in total. The van der Waals surface area contributed by atoms with Crippen LogP contribution in [0.5, 0.6) is 0 Å². The standard InChI is InChI=1S/C20H21BrN2O4S2/c1-12-3-5-16(15(21)9-12)22-20(25)10-13(2)29(26,27)14-4-6-18-17(11-14)23-19(24)7-8-28-18/h3-6,9,11,13H,7-8,10H2,1-2H3,(H,22,25)(H,23,24)/t13-/m0/s1. The average molecular weight is 497 g/mol. The second kappa shape index (κ2) is 8.89. The van der Waals surface area contributed by atoms with Crippen LogP contribution in [0.4, 0.5) is 11.4 Å². The molecule has 9 heteroatoms. The fourth-order valence-corrected chi connectivity index (χ4v) is 5.81. The van der Waals surface area contributed by atoms with E-state index in [9.17, 15) is 18.0 Å².